The van der Waals surface area contributed by atoms with Crippen molar-refractivity contribution >= 4 is 15.9 Å². The average Bonchev–Trinajstić information content (AvgIpc) is 2.74. The summed E-state index contributed by atoms with van der Waals surface area (Å²) >= 11 is 3.20. The summed E-state index contributed by atoms with van der Waals surface area (Å²) < 4.78 is 18.8. The Bertz CT molecular complexity index is 595. The highest BCUT2D eigenvalue weighted by molar-refractivity contribution is 9.10. The number of benzene rings is 1. The minimum absolute atomic E-state index is 0.230. The normalized spacial score (nSPS) is 16.6. The number of likely N-dealkylation sites (tertiary alicyclic amines) is 1. The van der Waals surface area contributed by atoms with Gasteiger partial charge in [-0.05, 0) is 40.5 Å². The van der Waals surface area contributed by atoms with Crippen LogP contribution in [0.4, 0.5) is 4.39 Å². The second kappa shape index (κ2) is 5.02. The van der Waals surface area contributed by atoms with Crippen molar-refractivity contribution < 1.29 is 8.91 Å². The van der Waals surface area contributed by atoms with Gasteiger partial charge in [0.25, 0.3) is 0 Å². The molecule has 1 aromatic carbocycles. The molecule has 3 rings (SSSR count). The van der Waals surface area contributed by atoms with E-state index in [9.17, 15) is 4.39 Å². The van der Waals surface area contributed by atoms with Crippen LogP contribution in [0.25, 0.3) is 0 Å². The Balaban J connectivity index is 1.58. The monoisotopic (exact) mass is 325 g/mol. The molecule has 1 fully saturated rings. The zero-order chi connectivity index (χ0) is 13.4. The molecule has 2 heterocycles. The lowest BCUT2D eigenvalue weighted by Gasteiger charge is -2.37. The second-order valence-corrected chi connectivity index (χ2v) is 5.67. The number of nitrogens with zero attached hydrogens (tertiary/aromatic N) is 3. The molecule has 1 aliphatic rings. The highest BCUT2D eigenvalue weighted by atomic mass is 79.9. The second-order valence-electron chi connectivity index (χ2n) is 4.82. The van der Waals surface area contributed by atoms with E-state index in [0.717, 1.165) is 25.2 Å². The first-order chi connectivity index (χ1) is 9.11. The largest absolute Gasteiger partial charge is 0.339 e. The Morgan fingerprint density at radius 2 is 2.26 bits per heavy atom. The molecule has 19 heavy (non-hydrogen) atoms. The van der Waals surface area contributed by atoms with E-state index < -0.39 is 0 Å². The van der Waals surface area contributed by atoms with Gasteiger partial charge in [-0.25, -0.2) is 4.39 Å². The van der Waals surface area contributed by atoms with E-state index in [1.807, 2.05) is 19.1 Å². The van der Waals surface area contributed by atoms with Crippen LogP contribution in [-0.2, 0) is 6.54 Å². The maximum Gasteiger partial charge on any atom is 0.232 e. The zero-order valence-electron chi connectivity index (χ0n) is 10.4. The summed E-state index contributed by atoms with van der Waals surface area (Å²) in [4.78, 5) is 6.51. The smallest absolute Gasteiger partial charge is 0.232 e. The third kappa shape index (κ3) is 2.69. The van der Waals surface area contributed by atoms with Crippen LogP contribution in [0.5, 0.6) is 0 Å². The fourth-order valence-electron chi connectivity index (χ4n) is 2.23. The van der Waals surface area contributed by atoms with Crippen LogP contribution in [0.15, 0.2) is 27.2 Å². The molecule has 0 aliphatic carbocycles. The Labute approximate surface area is 118 Å². The van der Waals surface area contributed by atoms with Crippen molar-refractivity contribution in [3.63, 3.8) is 0 Å². The summed E-state index contributed by atoms with van der Waals surface area (Å²) in [5.74, 6) is 1.49. The van der Waals surface area contributed by atoms with Crippen LogP contribution in [0.1, 0.15) is 23.2 Å². The summed E-state index contributed by atoms with van der Waals surface area (Å²) in [6.45, 7) is 4.43. The van der Waals surface area contributed by atoms with Crippen molar-refractivity contribution in [1.29, 1.82) is 0 Å². The van der Waals surface area contributed by atoms with Crippen LogP contribution in [0, 0.1) is 12.7 Å². The molecular formula is C13H13BrFN3O. The zero-order valence-corrected chi connectivity index (χ0v) is 12.0. The standard InChI is InChI=1S/C13H13BrFN3O/c1-8-16-13(19-17-8)10-6-18(7-10)5-9-2-3-12(15)11(14)4-9/h2-4,10H,5-7H2,1H3. The van der Waals surface area contributed by atoms with Crippen molar-refractivity contribution in [1.82, 2.24) is 15.0 Å². The van der Waals surface area contributed by atoms with Gasteiger partial charge in [0.1, 0.15) is 5.82 Å². The van der Waals surface area contributed by atoms with Gasteiger partial charge in [0, 0.05) is 19.6 Å². The number of aromatic nitrogens is 2. The van der Waals surface area contributed by atoms with Crippen molar-refractivity contribution in [2.75, 3.05) is 13.1 Å². The number of halogens is 2. The fourth-order valence-corrected chi connectivity index (χ4v) is 2.66. The molecule has 0 unspecified atom stereocenters. The molecule has 100 valence electrons. The Morgan fingerprint density at radius 3 is 2.89 bits per heavy atom. The Morgan fingerprint density at radius 1 is 1.47 bits per heavy atom. The van der Waals surface area contributed by atoms with Gasteiger partial charge in [0.05, 0.1) is 10.4 Å². The Hall–Kier alpha value is -1.27. The third-order valence-corrected chi connectivity index (χ3v) is 3.85. The predicted molar refractivity (Wildman–Crippen MR) is 71.2 cm³/mol. The van der Waals surface area contributed by atoms with E-state index >= 15 is 0 Å². The molecule has 0 atom stereocenters. The molecule has 4 nitrogen and oxygen atoms in total. The van der Waals surface area contributed by atoms with Gasteiger partial charge >= 0.3 is 0 Å². The number of hydrogen-bond acceptors (Lipinski definition) is 4. The van der Waals surface area contributed by atoms with Crippen LogP contribution >= 0.6 is 15.9 Å². The first-order valence-corrected chi connectivity index (χ1v) is 6.87. The number of aryl methyl sites for hydroxylation is 1. The third-order valence-electron chi connectivity index (χ3n) is 3.24. The van der Waals surface area contributed by atoms with Crippen LogP contribution in [0.3, 0.4) is 0 Å². The van der Waals surface area contributed by atoms with E-state index in [4.69, 9.17) is 4.52 Å². The van der Waals surface area contributed by atoms with Crippen LogP contribution in [0.2, 0.25) is 0 Å². The van der Waals surface area contributed by atoms with Gasteiger partial charge in [0.2, 0.25) is 5.89 Å². The number of rotatable bonds is 3. The van der Waals surface area contributed by atoms with Gasteiger partial charge in [-0.2, -0.15) is 4.98 Å². The molecule has 6 heteroatoms. The molecule has 0 bridgehead atoms. The van der Waals surface area contributed by atoms with Gasteiger partial charge in [-0.1, -0.05) is 11.2 Å². The summed E-state index contributed by atoms with van der Waals surface area (Å²) in [6.07, 6.45) is 0. The fraction of sp³-hybridized carbons (Fsp3) is 0.385. The maximum absolute atomic E-state index is 13.1. The lowest BCUT2D eigenvalue weighted by atomic mass is 9.99. The van der Waals surface area contributed by atoms with E-state index in [1.165, 1.54) is 6.07 Å². The van der Waals surface area contributed by atoms with Gasteiger partial charge in [-0.15, -0.1) is 0 Å². The predicted octanol–water partition coefficient (Wildman–Crippen LogP) is 2.88. The van der Waals surface area contributed by atoms with Crippen molar-refractivity contribution in [3.8, 4) is 0 Å². The summed E-state index contributed by atoms with van der Waals surface area (Å²) in [7, 11) is 0. The quantitative estimate of drug-likeness (QED) is 0.870. The van der Waals surface area contributed by atoms with Gasteiger partial charge < -0.3 is 4.52 Å². The minimum atomic E-state index is -0.230. The molecule has 0 N–H and O–H groups in total. The highest BCUT2D eigenvalue weighted by Gasteiger charge is 2.32. The van der Waals surface area contributed by atoms with Gasteiger partial charge in [-0.3, -0.25) is 4.90 Å². The molecule has 1 saturated heterocycles. The first-order valence-electron chi connectivity index (χ1n) is 6.08. The minimum Gasteiger partial charge on any atom is -0.339 e. The van der Waals surface area contributed by atoms with Gasteiger partial charge in [0.15, 0.2) is 5.82 Å². The van der Waals surface area contributed by atoms with Crippen molar-refractivity contribution in [2.24, 2.45) is 0 Å². The van der Waals surface area contributed by atoms with E-state index in [2.05, 4.69) is 31.0 Å². The molecule has 2 aromatic rings. The molecule has 0 spiro atoms. The summed E-state index contributed by atoms with van der Waals surface area (Å²) in [5, 5.41) is 3.80. The van der Waals surface area contributed by atoms with E-state index in [-0.39, 0.29) is 5.82 Å². The summed E-state index contributed by atoms with van der Waals surface area (Å²) in [5.41, 5.74) is 1.09. The first kappa shape index (κ1) is 12.7. The molecule has 1 aromatic heterocycles. The lowest BCUT2D eigenvalue weighted by Crippen LogP contribution is -2.44. The lowest BCUT2D eigenvalue weighted by molar-refractivity contribution is 0.117. The van der Waals surface area contributed by atoms with Crippen molar-refractivity contribution in [2.45, 2.75) is 19.4 Å². The van der Waals surface area contributed by atoms with Crippen molar-refractivity contribution in [3.05, 3.63) is 45.8 Å². The van der Waals surface area contributed by atoms with E-state index in [1.54, 1.807) is 0 Å². The van der Waals surface area contributed by atoms with Crippen LogP contribution < -0.4 is 0 Å². The highest BCUT2D eigenvalue weighted by Crippen LogP contribution is 2.27. The number of hydrogen-bond donors (Lipinski definition) is 0. The molecular weight excluding hydrogens is 313 g/mol. The van der Waals surface area contributed by atoms with Crippen LogP contribution in [-0.4, -0.2) is 28.1 Å². The maximum atomic E-state index is 13.1. The molecule has 0 saturated carbocycles. The molecule has 1 aliphatic heterocycles. The average molecular weight is 326 g/mol. The van der Waals surface area contributed by atoms with E-state index in [0.29, 0.717) is 22.1 Å². The molecule has 0 radical (unpaired) electrons. The Kier molecular flexibility index (Phi) is 3.36. The SMILES string of the molecule is Cc1noc(C2CN(Cc3ccc(F)c(Br)c3)C2)n1. The topological polar surface area (TPSA) is 42.2 Å². The summed E-state index contributed by atoms with van der Waals surface area (Å²) in [6, 6.07) is 5.11. The molecule has 0 amide bonds.